The van der Waals surface area contributed by atoms with Gasteiger partial charge in [-0.15, -0.1) is 0 Å². The summed E-state index contributed by atoms with van der Waals surface area (Å²) in [6, 6.07) is 23.6. The minimum Gasteiger partial charge on any atom is -0.497 e. The number of aromatic nitrogens is 2. The summed E-state index contributed by atoms with van der Waals surface area (Å²) in [4.78, 5) is 0. The number of aryl methyl sites for hydroxylation is 4. The van der Waals surface area contributed by atoms with Crippen molar-refractivity contribution in [3.05, 3.63) is 94.5 Å². The Hall–Kier alpha value is -3.33. The van der Waals surface area contributed by atoms with E-state index in [0.29, 0.717) is 6.54 Å². The monoisotopic (exact) mass is 396 g/mol. The molecule has 0 saturated carbocycles. The first-order chi connectivity index (χ1) is 14.4. The Balaban J connectivity index is 1.79. The Kier molecular flexibility index (Phi) is 5.45. The quantitative estimate of drug-likeness (QED) is 0.385. The fourth-order valence-electron chi connectivity index (χ4n) is 3.62. The third-order valence-corrected chi connectivity index (χ3v) is 5.88. The van der Waals surface area contributed by atoms with Gasteiger partial charge in [0.15, 0.2) is 0 Å². The normalized spacial score (nSPS) is 11.0. The molecular formula is C27H28N2O. The Morgan fingerprint density at radius 3 is 1.90 bits per heavy atom. The number of nitrogens with zero attached hydrogens (tertiary/aromatic N) is 2. The maximum absolute atomic E-state index is 5.30. The first-order valence-electron chi connectivity index (χ1n) is 10.3. The zero-order valence-corrected chi connectivity index (χ0v) is 18.4. The summed E-state index contributed by atoms with van der Waals surface area (Å²) in [6.07, 6.45) is 0. The van der Waals surface area contributed by atoms with E-state index < -0.39 is 0 Å². The van der Waals surface area contributed by atoms with E-state index in [1.54, 1.807) is 7.11 Å². The van der Waals surface area contributed by atoms with Crippen molar-refractivity contribution >= 4 is 0 Å². The first kappa shape index (κ1) is 20.0. The molecule has 4 rings (SSSR count). The zero-order chi connectivity index (χ0) is 21.3. The molecule has 0 unspecified atom stereocenters. The fraction of sp³-hybridized carbons (Fsp3) is 0.222. The summed E-state index contributed by atoms with van der Waals surface area (Å²) in [5.74, 6) is 0.865. The summed E-state index contributed by atoms with van der Waals surface area (Å²) < 4.78 is 7.40. The van der Waals surface area contributed by atoms with Gasteiger partial charge in [0.2, 0.25) is 0 Å². The smallest absolute Gasteiger partial charge is 0.118 e. The van der Waals surface area contributed by atoms with E-state index in [2.05, 4.69) is 87.0 Å². The number of hydrogen-bond donors (Lipinski definition) is 0. The lowest BCUT2D eigenvalue weighted by Crippen LogP contribution is -2.04. The summed E-state index contributed by atoms with van der Waals surface area (Å²) in [5, 5.41) is 5.00. The van der Waals surface area contributed by atoms with Crippen LogP contribution in [0.4, 0.5) is 0 Å². The molecule has 0 saturated heterocycles. The lowest BCUT2D eigenvalue weighted by Gasteiger charge is -2.10. The molecule has 0 bridgehead atoms. The molecule has 3 aromatic carbocycles. The van der Waals surface area contributed by atoms with E-state index in [9.17, 15) is 0 Å². The Morgan fingerprint density at radius 1 is 0.700 bits per heavy atom. The van der Waals surface area contributed by atoms with E-state index in [4.69, 9.17) is 9.84 Å². The van der Waals surface area contributed by atoms with Gasteiger partial charge in [0.1, 0.15) is 5.75 Å². The topological polar surface area (TPSA) is 27.1 Å². The van der Waals surface area contributed by atoms with E-state index in [0.717, 1.165) is 22.7 Å². The van der Waals surface area contributed by atoms with Crippen molar-refractivity contribution in [3.63, 3.8) is 0 Å². The summed E-state index contributed by atoms with van der Waals surface area (Å²) >= 11 is 0. The fourth-order valence-corrected chi connectivity index (χ4v) is 3.62. The molecule has 0 aliphatic heterocycles. The first-order valence-corrected chi connectivity index (χ1v) is 10.3. The van der Waals surface area contributed by atoms with E-state index >= 15 is 0 Å². The van der Waals surface area contributed by atoms with Crippen LogP contribution in [0.1, 0.15) is 27.8 Å². The molecule has 4 aromatic rings. The summed E-state index contributed by atoms with van der Waals surface area (Å²) in [6.45, 7) is 9.30. The van der Waals surface area contributed by atoms with Crippen molar-refractivity contribution in [2.45, 2.75) is 34.2 Å². The van der Waals surface area contributed by atoms with Gasteiger partial charge >= 0.3 is 0 Å². The van der Waals surface area contributed by atoms with E-state index in [1.165, 1.54) is 33.4 Å². The SMILES string of the molecule is COc1ccc(Cn2nc(-c3ccc(C)c(C)c3)cc2-c2ccc(C)c(C)c2)cc1. The number of hydrogen-bond acceptors (Lipinski definition) is 2. The number of ether oxygens (including phenoxy) is 1. The van der Waals surface area contributed by atoms with Gasteiger partial charge in [-0.3, -0.25) is 4.68 Å². The van der Waals surface area contributed by atoms with Crippen molar-refractivity contribution in [2.24, 2.45) is 0 Å². The zero-order valence-electron chi connectivity index (χ0n) is 18.4. The lowest BCUT2D eigenvalue weighted by molar-refractivity contribution is 0.414. The van der Waals surface area contributed by atoms with Crippen molar-refractivity contribution in [1.82, 2.24) is 9.78 Å². The van der Waals surface area contributed by atoms with Gasteiger partial charge in [-0.05, 0) is 85.8 Å². The molecule has 0 radical (unpaired) electrons. The van der Waals surface area contributed by atoms with Gasteiger partial charge in [-0.2, -0.15) is 5.10 Å². The number of rotatable bonds is 5. The van der Waals surface area contributed by atoms with E-state index in [1.807, 2.05) is 12.1 Å². The molecule has 0 aliphatic carbocycles. The van der Waals surface area contributed by atoms with Gasteiger partial charge in [0.05, 0.1) is 25.0 Å². The molecule has 0 atom stereocenters. The minimum absolute atomic E-state index is 0.705. The number of benzene rings is 3. The van der Waals surface area contributed by atoms with Crippen LogP contribution in [0, 0.1) is 27.7 Å². The van der Waals surface area contributed by atoms with Gasteiger partial charge in [-0.1, -0.05) is 36.4 Å². The van der Waals surface area contributed by atoms with Gasteiger partial charge in [0, 0.05) is 11.1 Å². The molecule has 0 N–H and O–H groups in total. The lowest BCUT2D eigenvalue weighted by atomic mass is 10.0. The molecule has 0 fully saturated rings. The van der Waals surface area contributed by atoms with Crippen molar-refractivity contribution in [2.75, 3.05) is 7.11 Å². The predicted octanol–water partition coefficient (Wildman–Crippen LogP) is 6.51. The molecule has 0 aliphatic rings. The molecule has 0 spiro atoms. The average molecular weight is 397 g/mol. The molecular weight excluding hydrogens is 368 g/mol. The van der Waals surface area contributed by atoms with Crippen LogP contribution in [0.3, 0.4) is 0 Å². The summed E-state index contributed by atoms with van der Waals surface area (Å²) in [7, 11) is 1.69. The van der Waals surface area contributed by atoms with Crippen LogP contribution in [0.2, 0.25) is 0 Å². The van der Waals surface area contributed by atoms with Crippen LogP contribution < -0.4 is 4.74 Å². The second-order valence-electron chi connectivity index (χ2n) is 8.02. The third-order valence-electron chi connectivity index (χ3n) is 5.88. The third kappa shape index (κ3) is 4.02. The van der Waals surface area contributed by atoms with Crippen LogP contribution in [0.25, 0.3) is 22.5 Å². The maximum atomic E-state index is 5.30. The second-order valence-corrected chi connectivity index (χ2v) is 8.02. The Bertz CT molecular complexity index is 1190. The van der Waals surface area contributed by atoms with Crippen molar-refractivity contribution < 1.29 is 4.74 Å². The van der Waals surface area contributed by atoms with Crippen LogP contribution >= 0.6 is 0 Å². The highest BCUT2D eigenvalue weighted by molar-refractivity contribution is 5.70. The molecule has 1 aromatic heterocycles. The Morgan fingerprint density at radius 2 is 1.30 bits per heavy atom. The number of methoxy groups -OCH3 is 1. The van der Waals surface area contributed by atoms with Gasteiger partial charge in [-0.25, -0.2) is 0 Å². The van der Waals surface area contributed by atoms with Crippen molar-refractivity contribution in [1.29, 1.82) is 0 Å². The largest absolute Gasteiger partial charge is 0.497 e. The second kappa shape index (κ2) is 8.19. The highest BCUT2D eigenvalue weighted by Gasteiger charge is 2.13. The highest BCUT2D eigenvalue weighted by atomic mass is 16.5. The minimum atomic E-state index is 0.705. The molecule has 3 nitrogen and oxygen atoms in total. The van der Waals surface area contributed by atoms with Gasteiger partial charge in [0.25, 0.3) is 0 Å². The standard InChI is InChI=1S/C27H28N2O/c1-18-6-10-23(14-20(18)3)26-16-27(24-11-7-19(2)21(4)15-24)29(28-26)17-22-8-12-25(30-5)13-9-22/h6-16H,17H2,1-5H3. The molecule has 30 heavy (non-hydrogen) atoms. The Labute approximate surface area is 179 Å². The van der Waals surface area contributed by atoms with Crippen LogP contribution in [0.15, 0.2) is 66.7 Å². The average Bonchev–Trinajstić information content (AvgIpc) is 3.16. The summed E-state index contributed by atoms with van der Waals surface area (Å²) in [5.41, 5.74) is 10.8. The van der Waals surface area contributed by atoms with E-state index in [-0.39, 0.29) is 0 Å². The van der Waals surface area contributed by atoms with Crippen LogP contribution in [-0.2, 0) is 6.54 Å². The van der Waals surface area contributed by atoms with Crippen LogP contribution in [-0.4, -0.2) is 16.9 Å². The molecule has 1 heterocycles. The van der Waals surface area contributed by atoms with Crippen LogP contribution in [0.5, 0.6) is 5.75 Å². The predicted molar refractivity (Wildman–Crippen MR) is 124 cm³/mol. The maximum Gasteiger partial charge on any atom is 0.118 e. The van der Waals surface area contributed by atoms with Crippen molar-refractivity contribution in [3.8, 4) is 28.3 Å². The molecule has 0 amide bonds. The molecule has 152 valence electrons. The molecule has 3 heteroatoms. The van der Waals surface area contributed by atoms with Gasteiger partial charge < -0.3 is 4.74 Å². The highest BCUT2D eigenvalue weighted by Crippen LogP contribution is 2.29.